The molecule has 0 aliphatic heterocycles. The number of benzene rings is 1. The summed E-state index contributed by atoms with van der Waals surface area (Å²) >= 11 is 7.32. The Morgan fingerprint density at radius 3 is 2.67 bits per heavy atom. The van der Waals surface area contributed by atoms with Crippen LogP contribution >= 0.6 is 22.9 Å². The summed E-state index contributed by atoms with van der Waals surface area (Å²) in [6.45, 7) is 1.89. The minimum Gasteiger partial charge on any atom is -0.451 e. The topological polar surface area (TPSA) is 55.4 Å². The van der Waals surface area contributed by atoms with Crippen molar-refractivity contribution in [3.05, 3.63) is 56.7 Å². The zero-order valence-corrected chi connectivity index (χ0v) is 13.0. The number of esters is 1. The highest BCUT2D eigenvalue weighted by molar-refractivity contribution is 7.13. The number of hydrogen-bond donors (Lipinski definition) is 1. The Bertz CT molecular complexity index is 654. The molecule has 0 aliphatic rings. The average Bonchev–Trinajstić information content (AvgIpc) is 2.90. The number of nitrogens with one attached hydrogen (secondary N) is 1. The molecule has 0 radical (unpaired) electrons. The normalized spacial score (nSPS) is 10.2. The van der Waals surface area contributed by atoms with Crippen molar-refractivity contribution in [2.24, 2.45) is 0 Å². The molecule has 0 saturated carbocycles. The Morgan fingerprint density at radius 1 is 1.24 bits per heavy atom. The van der Waals surface area contributed by atoms with Crippen LogP contribution in [0.25, 0.3) is 0 Å². The standard InChI is InChI=1S/C15H14ClNO3S/c1-10-6-7-13(21-10)15(19)20-9-14(18)17-8-11-4-2-3-5-12(11)16/h2-7H,8-9H2,1H3,(H,17,18). The smallest absolute Gasteiger partial charge is 0.348 e. The zero-order valence-electron chi connectivity index (χ0n) is 11.4. The molecular formula is C15H14ClNO3S. The van der Waals surface area contributed by atoms with E-state index in [2.05, 4.69) is 5.32 Å². The summed E-state index contributed by atoms with van der Waals surface area (Å²) in [5, 5.41) is 3.24. The number of rotatable bonds is 5. The molecule has 0 fully saturated rings. The third kappa shape index (κ3) is 4.58. The number of hydrogen-bond acceptors (Lipinski definition) is 4. The van der Waals surface area contributed by atoms with Crippen LogP contribution in [-0.4, -0.2) is 18.5 Å². The molecule has 1 amide bonds. The first-order chi connectivity index (χ1) is 10.1. The quantitative estimate of drug-likeness (QED) is 0.860. The molecule has 2 rings (SSSR count). The van der Waals surface area contributed by atoms with Gasteiger partial charge in [-0.05, 0) is 30.7 Å². The van der Waals surface area contributed by atoms with E-state index in [0.717, 1.165) is 10.4 Å². The van der Waals surface area contributed by atoms with Crippen molar-refractivity contribution in [2.75, 3.05) is 6.61 Å². The van der Waals surface area contributed by atoms with Gasteiger partial charge in [0.15, 0.2) is 6.61 Å². The fourth-order valence-corrected chi connectivity index (χ4v) is 2.60. The lowest BCUT2D eigenvalue weighted by molar-refractivity contribution is -0.124. The highest BCUT2D eigenvalue weighted by Crippen LogP contribution is 2.16. The molecule has 21 heavy (non-hydrogen) atoms. The van der Waals surface area contributed by atoms with Crippen LogP contribution in [0.15, 0.2) is 36.4 Å². The maximum absolute atomic E-state index is 11.7. The maximum Gasteiger partial charge on any atom is 0.348 e. The van der Waals surface area contributed by atoms with Crippen molar-refractivity contribution in [3.63, 3.8) is 0 Å². The fraction of sp³-hybridized carbons (Fsp3) is 0.200. The summed E-state index contributed by atoms with van der Waals surface area (Å²) < 4.78 is 4.95. The first kappa shape index (κ1) is 15.5. The van der Waals surface area contributed by atoms with E-state index in [1.165, 1.54) is 11.3 Å². The van der Waals surface area contributed by atoms with E-state index in [-0.39, 0.29) is 12.5 Å². The van der Waals surface area contributed by atoms with Crippen LogP contribution in [0.5, 0.6) is 0 Å². The summed E-state index contributed by atoms with van der Waals surface area (Å²) in [5.41, 5.74) is 0.813. The molecule has 110 valence electrons. The molecule has 1 heterocycles. The molecule has 6 heteroatoms. The average molecular weight is 324 g/mol. The summed E-state index contributed by atoms with van der Waals surface area (Å²) in [7, 11) is 0. The molecule has 0 bridgehead atoms. The fourth-order valence-electron chi connectivity index (χ4n) is 1.63. The molecule has 0 spiro atoms. The van der Waals surface area contributed by atoms with Crippen LogP contribution in [0.4, 0.5) is 0 Å². The second kappa shape index (κ2) is 7.24. The predicted octanol–water partition coefficient (Wildman–Crippen LogP) is 3.18. The third-order valence-corrected chi connectivity index (χ3v) is 4.06. The molecule has 1 aromatic heterocycles. The molecule has 0 saturated heterocycles. The molecule has 2 aromatic rings. The van der Waals surface area contributed by atoms with Gasteiger partial charge in [0.1, 0.15) is 4.88 Å². The number of carbonyl (C=O) groups excluding carboxylic acids is 2. The van der Waals surface area contributed by atoms with Gasteiger partial charge in [-0.1, -0.05) is 29.8 Å². The minimum absolute atomic E-state index is 0.300. The molecule has 0 aliphatic carbocycles. The molecular weight excluding hydrogens is 310 g/mol. The van der Waals surface area contributed by atoms with E-state index in [9.17, 15) is 9.59 Å². The lowest BCUT2D eigenvalue weighted by Gasteiger charge is -2.07. The first-order valence-corrected chi connectivity index (χ1v) is 7.49. The van der Waals surface area contributed by atoms with Crippen LogP contribution in [0.1, 0.15) is 20.1 Å². The third-order valence-electron chi connectivity index (χ3n) is 2.71. The molecule has 1 N–H and O–H groups in total. The van der Waals surface area contributed by atoms with Crippen LogP contribution in [0.2, 0.25) is 5.02 Å². The van der Waals surface area contributed by atoms with Gasteiger partial charge in [-0.2, -0.15) is 0 Å². The number of halogens is 1. The summed E-state index contributed by atoms with van der Waals surface area (Å²) in [4.78, 5) is 24.8. The lowest BCUT2D eigenvalue weighted by atomic mass is 10.2. The largest absolute Gasteiger partial charge is 0.451 e. The Morgan fingerprint density at radius 2 is 2.00 bits per heavy atom. The Kier molecular flexibility index (Phi) is 5.36. The van der Waals surface area contributed by atoms with E-state index in [4.69, 9.17) is 16.3 Å². The monoisotopic (exact) mass is 323 g/mol. The summed E-state index contributed by atoms with van der Waals surface area (Å²) in [6.07, 6.45) is 0. The number of amides is 1. The minimum atomic E-state index is -0.485. The second-order valence-electron chi connectivity index (χ2n) is 4.35. The summed E-state index contributed by atoms with van der Waals surface area (Å²) in [6, 6.07) is 10.7. The van der Waals surface area contributed by atoms with Crippen LogP contribution in [0, 0.1) is 6.92 Å². The van der Waals surface area contributed by atoms with Crippen molar-refractivity contribution < 1.29 is 14.3 Å². The van der Waals surface area contributed by atoms with E-state index < -0.39 is 5.97 Å². The highest BCUT2D eigenvalue weighted by atomic mass is 35.5. The van der Waals surface area contributed by atoms with Gasteiger partial charge in [0.25, 0.3) is 5.91 Å². The van der Waals surface area contributed by atoms with E-state index in [0.29, 0.717) is 16.4 Å². The number of carbonyl (C=O) groups is 2. The first-order valence-electron chi connectivity index (χ1n) is 6.30. The van der Waals surface area contributed by atoms with E-state index in [1.54, 1.807) is 12.1 Å². The Balaban J connectivity index is 1.78. The van der Waals surface area contributed by atoms with Gasteiger partial charge in [0.05, 0.1) is 0 Å². The van der Waals surface area contributed by atoms with Gasteiger partial charge < -0.3 is 10.1 Å². The van der Waals surface area contributed by atoms with Gasteiger partial charge in [0, 0.05) is 16.4 Å². The van der Waals surface area contributed by atoms with Crippen molar-refractivity contribution >= 4 is 34.8 Å². The second-order valence-corrected chi connectivity index (χ2v) is 6.05. The van der Waals surface area contributed by atoms with Crippen LogP contribution < -0.4 is 5.32 Å². The van der Waals surface area contributed by atoms with Crippen molar-refractivity contribution in [1.82, 2.24) is 5.32 Å². The SMILES string of the molecule is Cc1ccc(C(=O)OCC(=O)NCc2ccccc2Cl)s1. The van der Waals surface area contributed by atoms with Gasteiger partial charge in [-0.25, -0.2) is 4.79 Å². The van der Waals surface area contributed by atoms with Crippen LogP contribution in [-0.2, 0) is 16.1 Å². The maximum atomic E-state index is 11.7. The van der Waals surface area contributed by atoms with Crippen molar-refractivity contribution in [2.45, 2.75) is 13.5 Å². The number of aryl methyl sites for hydroxylation is 1. The lowest BCUT2D eigenvalue weighted by Crippen LogP contribution is -2.28. The number of ether oxygens (including phenoxy) is 1. The zero-order chi connectivity index (χ0) is 15.2. The van der Waals surface area contributed by atoms with Crippen LogP contribution in [0.3, 0.4) is 0 Å². The van der Waals surface area contributed by atoms with Crippen molar-refractivity contribution in [3.8, 4) is 0 Å². The van der Waals surface area contributed by atoms with E-state index in [1.807, 2.05) is 31.2 Å². The van der Waals surface area contributed by atoms with E-state index >= 15 is 0 Å². The Hall–Kier alpha value is -1.85. The van der Waals surface area contributed by atoms with Gasteiger partial charge in [-0.15, -0.1) is 11.3 Å². The highest BCUT2D eigenvalue weighted by Gasteiger charge is 2.12. The predicted molar refractivity (Wildman–Crippen MR) is 82.6 cm³/mol. The molecule has 0 atom stereocenters. The van der Waals surface area contributed by atoms with Gasteiger partial charge >= 0.3 is 5.97 Å². The Labute approximate surface area is 131 Å². The number of thiophene rings is 1. The van der Waals surface area contributed by atoms with Gasteiger partial charge in [-0.3, -0.25) is 4.79 Å². The molecule has 4 nitrogen and oxygen atoms in total. The molecule has 0 unspecified atom stereocenters. The molecule has 1 aromatic carbocycles. The summed E-state index contributed by atoms with van der Waals surface area (Å²) in [5.74, 6) is -0.849. The van der Waals surface area contributed by atoms with Gasteiger partial charge in [0.2, 0.25) is 0 Å². The van der Waals surface area contributed by atoms with Crippen molar-refractivity contribution in [1.29, 1.82) is 0 Å².